The minimum Gasteiger partial charge on any atom is -0.387 e. The minimum absolute atomic E-state index is 0.369. The monoisotopic (exact) mass is 261 g/mol. The van der Waals surface area contributed by atoms with Gasteiger partial charge in [-0.15, -0.1) is 0 Å². The smallest absolute Gasteiger partial charge is 0.0922 e. The van der Waals surface area contributed by atoms with E-state index in [9.17, 15) is 5.11 Å². The molecule has 2 heteroatoms. The molecule has 0 saturated heterocycles. The highest BCUT2D eigenvalue weighted by molar-refractivity contribution is 5.39. The lowest BCUT2D eigenvalue weighted by molar-refractivity contribution is 0.104. The van der Waals surface area contributed by atoms with Crippen LogP contribution >= 0.6 is 0 Å². The van der Waals surface area contributed by atoms with Crippen molar-refractivity contribution in [1.29, 1.82) is 0 Å². The molecule has 2 nitrogen and oxygen atoms in total. The van der Waals surface area contributed by atoms with E-state index in [1.807, 2.05) is 0 Å². The number of hydrogen-bond acceptors (Lipinski definition) is 2. The maximum atomic E-state index is 10.6. The molecule has 1 fully saturated rings. The van der Waals surface area contributed by atoms with Crippen LogP contribution in [0.5, 0.6) is 0 Å². The van der Waals surface area contributed by atoms with Crippen LogP contribution < -0.4 is 0 Å². The summed E-state index contributed by atoms with van der Waals surface area (Å²) in [7, 11) is 2.15. The lowest BCUT2D eigenvalue weighted by Crippen LogP contribution is -2.33. The van der Waals surface area contributed by atoms with Gasteiger partial charge in [0.25, 0.3) is 0 Å². The summed E-state index contributed by atoms with van der Waals surface area (Å²) >= 11 is 0. The highest BCUT2D eigenvalue weighted by Gasteiger charge is 2.23. The number of likely N-dealkylation sites (N-methyl/N-ethyl adjacent to an activating group) is 1. The van der Waals surface area contributed by atoms with Crippen molar-refractivity contribution in [2.45, 2.75) is 58.6 Å². The molecule has 0 bridgehead atoms. The Balaban J connectivity index is 2.09. The van der Waals surface area contributed by atoms with Crippen LogP contribution in [0.4, 0.5) is 0 Å². The maximum absolute atomic E-state index is 10.6. The van der Waals surface area contributed by atoms with Gasteiger partial charge >= 0.3 is 0 Å². The first kappa shape index (κ1) is 14.5. The van der Waals surface area contributed by atoms with E-state index in [2.05, 4.69) is 44.9 Å². The summed E-state index contributed by atoms with van der Waals surface area (Å²) in [4.78, 5) is 2.34. The highest BCUT2D eigenvalue weighted by atomic mass is 16.3. The third-order valence-corrected chi connectivity index (χ3v) is 4.48. The van der Waals surface area contributed by atoms with Gasteiger partial charge in [-0.1, -0.05) is 30.5 Å². The molecule has 1 N–H and O–H groups in total. The molecular formula is C17H27NO. The number of hydrogen-bond donors (Lipinski definition) is 1. The van der Waals surface area contributed by atoms with Gasteiger partial charge in [-0.3, -0.25) is 0 Å². The second-order valence-electron chi connectivity index (χ2n) is 6.21. The Morgan fingerprint density at radius 1 is 1.16 bits per heavy atom. The molecule has 0 spiro atoms. The SMILES string of the molecule is Cc1cc(C)c(C(O)CN(C)C2CCCC2)c(C)c1. The molecule has 1 aromatic rings. The zero-order valence-electron chi connectivity index (χ0n) is 12.7. The van der Waals surface area contributed by atoms with E-state index in [0.717, 1.165) is 12.1 Å². The van der Waals surface area contributed by atoms with Crippen LogP contribution in [-0.2, 0) is 0 Å². The van der Waals surface area contributed by atoms with Crippen molar-refractivity contribution in [2.24, 2.45) is 0 Å². The first-order chi connectivity index (χ1) is 8.99. The second-order valence-corrected chi connectivity index (χ2v) is 6.21. The van der Waals surface area contributed by atoms with Crippen molar-refractivity contribution in [3.05, 3.63) is 34.4 Å². The third kappa shape index (κ3) is 3.37. The van der Waals surface area contributed by atoms with Crippen LogP contribution in [0.15, 0.2) is 12.1 Å². The van der Waals surface area contributed by atoms with Crippen molar-refractivity contribution in [1.82, 2.24) is 4.90 Å². The second kappa shape index (κ2) is 6.06. The maximum Gasteiger partial charge on any atom is 0.0922 e. The predicted octanol–water partition coefficient (Wildman–Crippen LogP) is 3.52. The fourth-order valence-corrected chi connectivity index (χ4v) is 3.57. The van der Waals surface area contributed by atoms with E-state index in [1.165, 1.54) is 42.4 Å². The molecule has 0 aliphatic heterocycles. The summed E-state index contributed by atoms with van der Waals surface area (Å²) in [5.74, 6) is 0. The lowest BCUT2D eigenvalue weighted by Gasteiger charge is -2.28. The van der Waals surface area contributed by atoms with Gasteiger partial charge in [-0.05, 0) is 57.4 Å². The molecule has 1 aliphatic carbocycles. The van der Waals surface area contributed by atoms with Crippen molar-refractivity contribution >= 4 is 0 Å². The van der Waals surface area contributed by atoms with Crippen molar-refractivity contribution in [3.8, 4) is 0 Å². The molecule has 106 valence electrons. The van der Waals surface area contributed by atoms with E-state index < -0.39 is 0 Å². The van der Waals surface area contributed by atoms with E-state index in [0.29, 0.717) is 6.04 Å². The molecule has 1 unspecified atom stereocenters. The number of benzene rings is 1. The number of rotatable bonds is 4. The normalized spacial score (nSPS) is 18.2. The van der Waals surface area contributed by atoms with E-state index in [4.69, 9.17) is 0 Å². The Hall–Kier alpha value is -0.860. The Kier molecular flexibility index (Phi) is 4.64. The van der Waals surface area contributed by atoms with Crippen LogP contribution in [0.2, 0.25) is 0 Å². The molecule has 0 radical (unpaired) electrons. The van der Waals surface area contributed by atoms with E-state index >= 15 is 0 Å². The van der Waals surface area contributed by atoms with Gasteiger partial charge < -0.3 is 10.0 Å². The van der Waals surface area contributed by atoms with Gasteiger partial charge in [-0.2, -0.15) is 0 Å². The van der Waals surface area contributed by atoms with E-state index in [1.54, 1.807) is 0 Å². The summed E-state index contributed by atoms with van der Waals surface area (Å²) in [6.45, 7) is 7.07. The summed E-state index contributed by atoms with van der Waals surface area (Å²) in [6.07, 6.45) is 4.89. The predicted molar refractivity (Wildman–Crippen MR) is 80.5 cm³/mol. The van der Waals surface area contributed by atoms with Crippen molar-refractivity contribution < 1.29 is 5.11 Å². The Labute approximate surface area is 117 Å². The van der Waals surface area contributed by atoms with Crippen LogP contribution in [0.3, 0.4) is 0 Å². The molecular weight excluding hydrogens is 234 g/mol. The fraction of sp³-hybridized carbons (Fsp3) is 0.647. The zero-order chi connectivity index (χ0) is 14.0. The van der Waals surface area contributed by atoms with Gasteiger partial charge in [0.15, 0.2) is 0 Å². The standard InChI is InChI=1S/C17H27NO/c1-12-9-13(2)17(14(3)10-12)16(19)11-18(4)15-7-5-6-8-15/h9-10,15-16,19H,5-8,11H2,1-4H3. The molecule has 1 saturated carbocycles. The molecule has 19 heavy (non-hydrogen) atoms. The van der Waals surface area contributed by atoms with Crippen LogP contribution in [-0.4, -0.2) is 29.6 Å². The summed E-state index contributed by atoms with van der Waals surface area (Å²) in [6, 6.07) is 5.00. The van der Waals surface area contributed by atoms with Gasteiger partial charge in [0.2, 0.25) is 0 Å². The summed E-state index contributed by atoms with van der Waals surface area (Å²) in [5, 5.41) is 10.6. The third-order valence-electron chi connectivity index (χ3n) is 4.48. The minimum atomic E-state index is -0.369. The Morgan fingerprint density at radius 3 is 2.21 bits per heavy atom. The summed E-state index contributed by atoms with van der Waals surface area (Å²) < 4.78 is 0. The number of nitrogens with zero attached hydrogens (tertiary/aromatic N) is 1. The molecule has 2 rings (SSSR count). The van der Waals surface area contributed by atoms with Gasteiger partial charge in [0.05, 0.1) is 6.10 Å². The Bertz CT molecular complexity index is 412. The molecule has 0 heterocycles. The lowest BCUT2D eigenvalue weighted by atomic mass is 9.95. The summed E-state index contributed by atoms with van der Waals surface area (Å²) in [5.41, 5.74) is 4.82. The first-order valence-electron chi connectivity index (χ1n) is 7.45. The van der Waals surface area contributed by atoms with E-state index in [-0.39, 0.29) is 6.10 Å². The molecule has 0 amide bonds. The average molecular weight is 261 g/mol. The van der Waals surface area contributed by atoms with Crippen LogP contribution in [0.25, 0.3) is 0 Å². The molecule has 0 aromatic heterocycles. The average Bonchev–Trinajstić information content (AvgIpc) is 2.80. The molecule has 1 aliphatic rings. The van der Waals surface area contributed by atoms with Gasteiger partial charge in [-0.25, -0.2) is 0 Å². The van der Waals surface area contributed by atoms with Gasteiger partial charge in [0.1, 0.15) is 0 Å². The molecule has 1 aromatic carbocycles. The van der Waals surface area contributed by atoms with Crippen LogP contribution in [0.1, 0.15) is 54.0 Å². The molecule has 1 atom stereocenters. The van der Waals surface area contributed by atoms with Gasteiger partial charge in [0, 0.05) is 12.6 Å². The number of aryl methyl sites for hydroxylation is 3. The van der Waals surface area contributed by atoms with Crippen molar-refractivity contribution in [2.75, 3.05) is 13.6 Å². The number of aliphatic hydroxyl groups excluding tert-OH is 1. The Morgan fingerprint density at radius 2 is 1.68 bits per heavy atom. The zero-order valence-corrected chi connectivity index (χ0v) is 12.7. The quantitative estimate of drug-likeness (QED) is 0.896. The van der Waals surface area contributed by atoms with Crippen molar-refractivity contribution in [3.63, 3.8) is 0 Å². The topological polar surface area (TPSA) is 23.5 Å². The number of aliphatic hydroxyl groups is 1. The fourth-order valence-electron chi connectivity index (χ4n) is 3.57. The first-order valence-corrected chi connectivity index (χ1v) is 7.45. The highest BCUT2D eigenvalue weighted by Crippen LogP contribution is 2.27. The largest absolute Gasteiger partial charge is 0.387 e. The van der Waals surface area contributed by atoms with Crippen LogP contribution in [0, 0.1) is 20.8 Å².